The maximum atomic E-state index is 11.6. The van der Waals surface area contributed by atoms with Crippen molar-refractivity contribution in [2.45, 2.75) is 51.0 Å². The van der Waals surface area contributed by atoms with Crippen molar-refractivity contribution in [3.8, 4) is 0 Å². The molecule has 1 saturated carbocycles. The number of carbonyl (C=O) groups excluding carboxylic acids is 1. The number of esters is 1. The van der Waals surface area contributed by atoms with Gasteiger partial charge in [0.2, 0.25) is 0 Å². The zero-order valence-electron chi connectivity index (χ0n) is 11.5. The SMILES string of the molecule is CCOC(=O)C(O)c1cccc(C2CCCCC2)c1. The molecule has 19 heavy (non-hydrogen) atoms. The van der Waals surface area contributed by atoms with Gasteiger partial charge in [0, 0.05) is 0 Å². The zero-order chi connectivity index (χ0) is 13.7. The van der Waals surface area contributed by atoms with Crippen molar-refractivity contribution in [2.24, 2.45) is 0 Å². The molecule has 0 aliphatic heterocycles. The van der Waals surface area contributed by atoms with E-state index in [1.165, 1.54) is 37.7 Å². The van der Waals surface area contributed by atoms with Crippen LogP contribution in [0.2, 0.25) is 0 Å². The maximum Gasteiger partial charge on any atom is 0.339 e. The second kappa shape index (κ2) is 6.71. The van der Waals surface area contributed by atoms with E-state index in [0.717, 1.165) is 0 Å². The minimum atomic E-state index is -1.16. The van der Waals surface area contributed by atoms with Crippen LogP contribution in [0.15, 0.2) is 24.3 Å². The Bertz CT molecular complexity index is 422. The van der Waals surface area contributed by atoms with E-state index in [-0.39, 0.29) is 6.61 Å². The number of hydrogen-bond acceptors (Lipinski definition) is 3. The van der Waals surface area contributed by atoms with E-state index in [1.807, 2.05) is 12.1 Å². The van der Waals surface area contributed by atoms with Crippen LogP contribution in [-0.4, -0.2) is 17.7 Å². The molecule has 3 nitrogen and oxygen atoms in total. The van der Waals surface area contributed by atoms with Gasteiger partial charge in [0.15, 0.2) is 6.10 Å². The summed E-state index contributed by atoms with van der Waals surface area (Å²) in [6.07, 6.45) is 5.12. The summed E-state index contributed by atoms with van der Waals surface area (Å²) in [4.78, 5) is 11.6. The lowest BCUT2D eigenvalue weighted by Crippen LogP contribution is -2.16. The number of aliphatic hydroxyl groups is 1. The van der Waals surface area contributed by atoms with E-state index >= 15 is 0 Å². The third-order valence-electron chi connectivity index (χ3n) is 3.81. The Balaban J connectivity index is 2.11. The first-order valence-corrected chi connectivity index (χ1v) is 7.17. The average molecular weight is 262 g/mol. The molecule has 1 fully saturated rings. The minimum absolute atomic E-state index is 0.290. The molecular formula is C16H22O3. The predicted octanol–water partition coefficient (Wildman–Crippen LogP) is 3.33. The summed E-state index contributed by atoms with van der Waals surface area (Å²) in [6, 6.07) is 7.75. The number of hydrogen-bond donors (Lipinski definition) is 1. The molecule has 1 unspecified atom stereocenters. The van der Waals surface area contributed by atoms with Crippen molar-refractivity contribution in [3.05, 3.63) is 35.4 Å². The van der Waals surface area contributed by atoms with Crippen molar-refractivity contribution >= 4 is 5.97 Å². The van der Waals surface area contributed by atoms with E-state index in [0.29, 0.717) is 11.5 Å². The third kappa shape index (κ3) is 3.57. The molecule has 1 aliphatic carbocycles. The minimum Gasteiger partial charge on any atom is -0.464 e. The van der Waals surface area contributed by atoms with Gasteiger partial charge in [-0.1, -0.05) is 43.5 Å². The molecule has 1 aliphatic rings. The van der Waals surface area contributed by atoms with Gasteiger partial charge in [-0.15, -0.1) is 0 Å². The van der Waals surface area contributed by atoms with E-state index in [4.69, 9.17) is 4.74 Å². The molecule has 1 atom stereocenters. The number of rotatable bonds is 4. The van der Waals surface area contributed by atoms with Gasteiger partial charge in [-0.3, -0.25) is 0 Å². The smallest absolute Gasteiger partial charge is 0.339 e. The Labute approximate surface area is 114 Å². The van der Waals surface area contributed by atoms with Crippen LogP contribution in [-0.2, 0) is 9.53 Å². The lowest BCUT2D eigenvalue weighted by molar-refractivity contribution is -0.153. The van der Waals surface area contributed by atoms with Gasteiger partial charge in [0.25, 0.3) is 0 Å². The Kier molecular flexibility index (Phi) is 4.97. The summed E-state index contributed by atoms with van der Waals surface area (Å²) in [5.41, 5.74) is 1.88. The van der Waals surface area contributed by atoms with Crippen molar-refractivity contribution < 1.29 is 14.6 Å². The molecule has 0 amide bonds. The van der Waals surface area contributed by atoms with E-state index in [9.17, 15) is 9.90 Å². The van der Waals surface area contributed by atoms with Crippen LogP contribution in [0.1, 0.15) is 62.2 Å². The molecule has 0 spiro atoms. The molecular weight excluding hydrogens is 240 g/mol. The van der Waals surface area contributed by atoms with Crippen molar-refractivity contribution in [3.63, 3.8) is 0 Å². The molecule has 3 heteroatoms. The maximum absolute atomic E-state index is 11.6. The summed E-state index contributed by atoms with van der Waals surface area (Å²) in [5, 5.41) is 9.97. The number of ether oxygens (including phenoxy) is 1. The van der Waals surface area contributed by atoms with Crippen molar-refractivity contribution in [1.29, 1.82) is 0 Å². The van der Waals surface area contributed by atoms with Gasteiger partial charge >= 0.3 is 5.97 Å². The fourth-order valence-corrected chi connectivity index (χ4v) is 2.78. The molecule has 1 N–H and O–H groups in total. The highest BCUT2D eigenvalue weighted by Crippen LogP contribution is 2.33. The van der Waals surface area contributed by atoms with Crippen LogP contribution < -0.4 is 0 Å². The predicted molar refractivity (Wildman–Crippen MR) is 73.9 cm³/mol. The Morgan fingerprint density at radius 2 is 2.11 bits per heavy atom. The number of aliphatic hydroxyl groups excluding tert-OH is 1. The van der Waals surface area contributed by atoms with E-state index in [1.54, 1.807) is 13.0 Å². The second-order valence-corrected chi connectivity index (χ2v) is 5.16. The first-order valence-electron chi connectivity index (χ1n) is 7.17. The fraction of sp³-hybridized carbons (Fsp3) is 0.562. The first kappa shape index (κ1) is 14.1. The highest BCUT2D eigenvalue weighted by molar-refractivity contribution is 5.76. The molecule has 0 radical (unpaired) electrons. The molecule has 0 bridgehead atoms. The summed E-state index contributed by atoms with van der Waals surface area (Å²) < 4.78 is 4.85. The highest BCUT2D eigenvalue weighted by Gasteiger charge is 2.21. The van der Waals surface area contributed by atoms with Crippen LogP contribution in [0.5, 0.6) is 0 Å². The molecule has 1 aromatic rings. The molecule has 2 rings (SSSR count). The zero-order valence-corrected chi connectivity index (χ0v) is 11.5. The number of carbonyl (C=O) groups is 1. The molecule has 0 saturated heterocycles. The number of benzene rings is 1. The standard InChI is InChI=1S/C16H22O3/c1-2-19-16(18)15(17)14-10-6-9-13(11-14)12-7-4-3-5-8-12/h6,9-12,15,17H,2-5,7-8H2,1H3. The molecule has 0 heterocycles. The van der Waals surface area contributed by atoms with Crippen LogP contribution in [0.25, 0.3) is 0 Å². The molecule has 104 valence electrons. The van der Waals surface area contributed by atoms with Gasteiger partial charge in [0.1, 0.15) is 0 Å². The summed E-state index contributed by atoms with van der Waals surface area (Å²) in [7, 11) is 0. The quantitative estimate of drug-likeness (QED) is 0.847. The van der Waals surface area contributed by atoms with Gasteiger partial charge in [0.05, 0.1) is 6.61 Å². The average Bonchev–Trinajstić information content (AvgIpc) is 2.48. The summed E-state index contributed by atoms with van der Waals surface area (Å²) >= 11 is 0. The highest BCUT2D eigenvalue weighted by atomic mass is 16.5. The molecule has 1 aromatic carbocycles. The normalized spacial score (nSPS) is 18.0. The van der Waals surface area contributed by atoms with E-state index in [2.05, 4.69) is 6.07 Å². The monoisotopic (exact) mass is 262 g/mol. The first-order chi connectivity index (χ1) is 9.22. The Hall–Kier alpha value is -1.35. The topological polar surface area (TPSA) is 46.5 Å². The van der Waals surface area contributed by atoms with Gasteiger partial charge in [-0.05, 0) is 36.8 Å². The third-order valence-corrected chi connectivity index (χ3v) is 3.81. The Morgan fingerprint density at radius 3 is 2.79 bits per heavy atom. The van der Waals surface area contributed by atoms with Gasteiger partial charge < -0.3 is 9.84 Å². The van der Waals surface area contributed by atoms with Gasteiger partial charge in [-0.25, -0.2) is 4.79 Å². The molecule has 0 aromatic heterocycles. The lowest BCUT2D eigenvalue weighted by atomic mass is 9.83. The second-order valence-electron chi connectivity index (χ2n) is 5.16. The van der Waals surface area contributed by atoms with Crippen molar-refractivity contribution in [1.82, 2.24) is 0 Å². The van der Waals surface area contributed by atoms with Crippen LogP contribution in [0.3, 0.4) is 0 Å². The lowest BCUT2D eigenvalue weighted by Gasteiger charge is -2.22. The van der Waals surface area contributed by atoms with Gasteiger partial charge in [-0.2, -0.15) is 0 Å². The summed E-state index contributed by atoms with van der Waals surface area (Å²) in [5.74, 6) is 0.00592. The van der Waals surface area contributed by atoms with E-state index < -0.39 is 12.1 Å². The van der Waals surface area contributed by atoms with Crippen molar-refractivity contribution in [2.75, 3.05) is 6.61 Å². The van der Waals surface area contributed by atoms with Crippen LogP contribution >= 0.6 is 0 Å². The fourth-order valence-electron chi connectivity index (χ4n) is 2.78. The van der Waals surface area contributed by atoms with Crippen LogP contribution in [0.4, 0.5) is 0 Å². The van der Waals surface area contributed by atoms with Crippen LogP contribution in [0, 0.1) is 0 Å². The Morgan fingerprint density at radius 1 is 1.37 bits per heavy atom. The largest absolute Gasteiger partial charge is 0.464 e. The summed E-state index contributed by atoms with van der Waals surface area (Å²) in [6.45, 7) is 2.03.